The van der Waals surface area contributed by atoms with Gasteiger partial charge in [-0.2, -0.15) is 0 Å². The molecule has 0 heterocycles. The molecule has 0 N–H and O–H groups in total. The van der Waals surface area contributed by atoms with Gasteiger partial charge in [-0.3, -0.25) is 4.79 Å². The minimum absolute atomic E-state index is 0.0375. The summed E-state index contributed by atoms with van der Waals surface area (Å²) in [4.78, 5) is 12.4. The van der Waals surface area contributed by atoms with Crippen molar-refractivity contribution in [1.29, 1.82) is 0 Å². The lowest BCUT2D eigenvalue weighted by atomic mass is 9.69. The Morgan fingerprint density at radius 1 is 1.56 bits per heavy atom. The van der Waals surface area contributed by atoms with E-state index in [-0.39, 0.29) is 29.5 Å². The number of rotatable bonds is 4. The molecule has 3 atom stereocenters. The fourth-order valence-corrected chi connectivity index (χ4v) is 3.60. The summed E-state index contributed by atoms with van der Waals surface area (Å²) in [5.41, 5.74) is -0.416. The zero-order chi connectivity index (χ0) is 12.0. The summed E-state index contributed by atoms with van der Waals surface area (Å²) < 4.78 is 10.4. The number of carbonyl (C=O) groups excluding carboxylic acids is 1. The van der Waals surface area contributed by atoms with Crippen LogP contribution in [-0.4, -0.2) is 25.8 Å². The minimum Gasteiger partial charge on any atom is -0.359 e. The summed E-state index contributed by atoms with van der Waals surface area (Å²) in [7, 11) is 1.58. The Labute approximate surface area is 96.8 Å². The van der Waals surface area contributed by atoms with Crippen LogP contribution >= 0.6 is 0 Å². The van der Waals surface area contributed by atoms with Gasteiger partial charge >= 0.3 is 0 Å². The summed E-state index contributed by atoms with van der Waals surface area (Å²) in [6.45, 7) is 8.36. The van der Waals surface area contributed by atoms with Crippen LogP contribution in [0.3, 0.4) is 0 Å². The number of allylic oxidation sites excluding steroid dienone is 1. The van der Waals surface area contributed by atoms with E-state index in [2.05, 4.69) is 20.4 Å². The molecule has 2 fully saturated rings. The molecule has 0 aromatic carbocycles. The third-order valence-corrected chi connectivity index (χ3v) is 4.70. The van der Waals surface area contributed by atoms with E-state index >= 15 is 0 Å². The van der Waals surface area contributed by atoms with Crippen LogP contribution in [0.15, 0.2) is 12.7 Å². The molecule has 0 aromatic rings. The smallest absolute Gasteiger partial charge is 0.172 e. The lowest BCUT2D eigenvalue weighted by molar-refractivity contribution is -0.146. The van der Waals surface area contributed by atoms with Crippen molar-refractivity contribution in [2.75, 3.05) is 13.9 Å². The predicted molar refractivity (Wildman–Crippen MR) is 60.9 cm³/mol. The maximum atomic E-state index is 12.4. The lowest BCUT2D eigenvalue weighted by Gasteiger charge is -2.32. The third-order valence-electron chi connectivity index (χ3n) is 4.70. The average molecular weight is 224 g/mol. The van der Waals surface area contributed by atoms with Crippen molar-refractivity contribution < 1.29 is 14.3 Å². The number of fused-ring (bicyclic) bond motifs is 2. The van der Waals surface area contributed by atoms with E-state index < -0.39 is 0 Å². The van der Waals surface area contributed by atoms with Crippen molar-refractivity contribution in [3.8, 4) is 0 Å². The topological polar surface area (TPSA) is 35.5 Å². The summed E-state index contributed by atoms with van der Waals surface area (Å²) >= 11 is 0. The van der Waals surface area contributed by atoms with Gasteiger partial charge in [0, 0.05) is 7.11 Å². The first-order valence-corrected chi connectivity index (χ1v) is 5.79. The molecule has 0 unspecified atom stereocenters. The van der Waals surface area contributed by atoms with Gasteiger partial charge in [0.2, 0.25) is 0 Å². The van der Waals surface area contributed by atoms with E-state index in [0.717, 1.165) is 12.8 Å². The van der Waals surface area contributed by atoms with Crippen molar-refractivity contribution >= 4 is 5.78 Å². The quantitative estimate of drug-likeness (QED) is 0.542. The molecule has 0 saturated heterocycles. The second-order valence-electron chi connectivity index (χ2n) is 5.40. The maximum absolute atomic E-state index is 12.4. The number of hydrogen-bond donors (Lipinski definition) is 0. The number of Topliss-reactive ketones (excluding diaryl/α,β-unsaturated/α-hetero) is 1. The predicted octanol–water partition coefficient (Wildman–Crippen LogP) is 2.17. The molecule has 16 heavy (non-hydrogen) atoms. The number of hydrogen-bond acceptors (Lipinski definition) is 3. The summed E-state index contributed by atoms with van der Waals surface area (Å²) in [5.74, 6) is 0.494. The monoisotopic (exact) mass is 224 g/mol. The van der Waals surface area contributed by atoms with Crippen molar-refractivity contribution in [3.05, 3.63) is 12.7 Å². The van der Waals surface area contributed by atoms with Crippen LogP contribution < -0.4 is 0 Å². The van der Waals surface area contributed by atoms with Crippen LogP contribution in [-0.2, 0) is 14.3 Å². The normalized spacial score (nSPS) is 40.3. The highest BCUT2D eigenvalue weighted by Gasteiger charge is 2.67. The zero-order valence-electron chi connectivity index (χ0n) is 10.3. The average Bonchev–Trinajstić information content (AvgIpc) is 2.59. The highest BCUT2D eigenvalue weighted by atomic mass is 16.7. The fourth-order valence-electron chi connectivity index (χ4n) is 3.60. The molecule has 90 valence electrons. The van der Waals surface area contributed by atoms with Gasteiger partial charge in [-0.25, -0.2) is 0 Å². The van der Waals surface area contributed by atoms with Gasteiger partial charge in [-0.1, -0.05) is 19.9 Å². The van der Waals surface area contributed by atoms with Gasteiger partial charge in [0.25, 0.3) is 0 Å². The van der Waals surface area contributed by atoms with E-state index in [1.54, 1.807) is 7.11 Å². The third kappa shape index (κ3) is 1.19. The van der Waals surface area contributed by atoms with Gasteiger partial charge in [0.1, 0.15) is 12.9 Å². The SMILES string of the molecule is C=C[C@]12CC[C@H]([C@@H](OCOC)C1=O)C2(C)C. The van der Waals surface area contributed by atoms with Crippen LogP contribution in [0.5, 0.6) is 0 Å². The summed E-state index contributed by atoms with van der Waals surface area (Å²) in [5, 5.41) is 0. The van der Waals surface area contributed by atoms with Gasteiger partial charge in [0.05, 0.1) is 5.41 Å². The van der Waals surface area contributed by atoms with E-state index in [1.807, 2.05) is 6.08 Å². The number of carbonyl (C=O) groups is 1. The highest BCUT2D eigenvalue weighted by molar-refractivity contribution is 5.95. The summed E-state index contributed by atoms with van der Waals surface area (Å²) in [6, 6.07) is 0. The van der Waals surface area contributed by atoms with Crippen molar-refractivity contribution in [2.45, 2.75) is 32.8 Å². The Morgan fingerprint density at radius 2 is 2.25 bits per heavy atom. The fraction of sp³-hybridized carbons (Fsp3) is 0.769. The van der Waals surface area contributed by atoms with Crippen LogP contribution in [0.4, 0.5) is 0 Å². The molecule has 2 bridgehead atoms. The first-order valence-electron chi connectivity index (χ1n) is 5.79. The molecule has 3 heteroatoms. The van der Waals surface area contributed by atoms with Crippen LogP contribution in [0, 0.1) is 16.7 Å². The maximum Gasteiger partial charge on any atom is 0.172 e. The second kappa shape index (κ2) is 3.67. The molecule has 2 rings (SSSR count). The summed E-state index contributed by atoms with van der Waals surface area (Å²) in [6.07, 6.45) is 3.49. The molecule has 2 aliphatic rings. The molecule has 0 amide bonds. The molecular formula is C13H20O3. The molecule has 0 radical (unpaired) electrons. The molecule has 0 spiro atoms. The first-order chi connectivity index (χ1) is 7.51. The lowest BCUT2D eigenvalue weighted by Crippen LogP contribution is -2.37. The molecule has 2 aliphatic carbocycles. The van der Waals surface area contributed by atoms with E-state index in [9.17, 15) is 4.79 Å². The molecule has 0 aromatic heterocycles. The molecule has 3 nitrogen and oxygen atoms in total. The van der Waals surface area contributed by atoms with Gasteiger partial charge < -0.3 is 9.47 Å². The van der Waals surface area contributed by atoms with E-state index in [0.29, 0.717) is 5.92 Å². The number of ether oxygens (including phenoxy) is 2. The molecular weight excluding hydrogens is 204 g/mol. The van der Waals surface area contributed by atoms with Crippen LogP contribution in [0.1, 0.15) is 26.7 Å². The van der Waals surface area contributed by atoms with Crippen molar-refractivity contribution in [1.82, 2.24) is 0 Å². The van der Waals surface area contributed by atoms with Crippen LogP contribution in [0.2, 0.25) is 0 Å². The largest absolute Gasteiger partial charge is 0.359 e. The number of methoxy groups -OCH3 is 1. The Bertz CT molecular complexity index is 321. The zero-order valence-corrected chi connectivity index (χ0v) is 10.3. The van der Waals surface area contributed by atoms with Crippen molar-refractivity contribution in [2.24, 2.45) is 16.7 Å². The number of ketones is 1. The Kier molecular flexibility index (Phi) is 2.71. The Hall–Kier alpha value is -0.670. The minimum atomic E-state index is -0.379. The first kappa shape index (κ1) is 11.8. The Balaban J connectivity index is 2.30. The highest BCUT2D eigenvalue weighted by Crippen LogP contribution is 2.64. The van der Waals surface area contributed by atoms with E-state index in [4.69, 9.17) is 9.47 Å². The van der Waals surface area contributed by atoms with Gasteiger partial charge in [0.15, 0.2) is 5.78 Å². The van der Waals surface area contributed by atoms with Gasteiger partial charge in [-0.05, 0) is 24.2 Å². The second-order valence-corrected chi connectivity index (χ2v) is 5.40. The Morgan fingerprint density at radius 3 is 2.75 bits per heavy atom. The molecule has 2 saturated carbocycles. The van der Waals surface area contributed by atoms with Crippen molar-refractivity contribution in [3.63, 3.8) is 0 Å². The standard InChI is InChI=1S/C13H20O3/c1-5-13-7-6-9(12(13,2)3)10(11(13)14)16-8-15-4/h5,9-10H,1,6-8H2,2-4H3/t9-,10-,13+/m1/s1. The van der Waals surface area contributed by atoms with Crippen LogP contribution in [0.25, 0.3) is 0 Å². The van der Waals surface area contributed by atoms with E-state index in [1.165, 1.54) is 0 Å². The van der Waals surface area contributed by atoms with Gasteiger partial charge in [-0.15, -0.1) is 6.58 Å². The molecule has 0 aliphatic heterocycles.